The molecule has 0 spiro atoms. The van der Waals surface area contributed by atoms with E-state index >= 15 is 0 Å². The van der Waals surface area contributed by atoms with Gasteiger partial charge in [0.25, 0.3) is 0 Å². The average Bonchev–Trinajstić information content (AvgIpc) is 2.42. The smallest absolute Gasteiger partial charge is 0.163 e. The van der Waals surface area contributed by atoms with E-state index in [9.17, 15) is 4.79 Å². The molecule has 1 heterocycles. The third kappa shape index (κ3) is 5.11. The first-order chi connectivity index (χ1) is 10.2. The van der Waals surface area contributed by atoms with Crippen molar-refractivity contribution in [3.63, 3.8) is 0 Å². The molecule has 0 N–H and O–H groups in total. The minimum absolute atomic E-state index is 0.0883. The molecule has 3 heteroatoms. The SMILES string of the molecule is CC(=O)c1cccc(C)c1OCCP1CCCCCCC1. The van der Waals surface area contributed by atoms with Crippen molar-refractivity contribution in [3.8, 4) is 5.75 Å². The van der Waals surface area contributed by atoms with E-state index < -0.39 is 0 Å². The summed E-state index contributed by atoms with van der Waals surface area (Å²) in [6.45, 7) is 4.39. The highest BCUT2D eigenvalue weighted by atomic mass is 31.1. The van der Waals surface area contributed by atoms with E-state index in [1.807, 2.05) is 25.1 Å². The van der Waals surface area contributed by atoms with Crippen LogP contribution in [0.3, 0.4) is 0 Å². The Morgan fingerprint density at radius 2 is 1.81 bits per heavy atom. The standard InChI is InChI=1S/C18H27O2P/c1-15-9-8-10-17(16(2)19)18(15)20-11-14-21-12-6-4-3-5-7-13-21/h8-10H,3-7,11-14H2,1-2H3. The van der Waals surface area contributed by atoms with Gasteiger partial charge in [0, 0.05) is 6.16 Å². The maximum absolute atomic E-state index is 11.7. The first-order valence-corrected chi connectivity index (χ1v) is 10.0. The lowest BCUT2D eigenvalue weighted by Gasteiger charge is -2.21. The maximum atomic E-state index is 11.7. The van der Waals surface area contributed by atoms with Crippen LogP contribution in [-0.4, -0.2) is 30.9 Å². The summed E-state index contributed by atoms with van der Waals surface area (Å²) in [5.41, 5.74) is 1.79. The summed E-state index contributed by atoms with van der Waals surface area (Å²) in [7, 11) is 0.144. The fourth-order valence-corrected chi connectivity index (χ4v) is 5.30. The average molecular weight is 306 g/mol. The summed E-state index contributed by atoms with van der Waals surface area (Å²) in [6, 6.07) is 5.81. The van der Waals surface area contributed by atoms with Crippen molar-refractivity contribution in [1.82, 2.24) is 0 Å². The van der Waals surface area contributed by atoms with Gasteiger partial charge in [0.05, 0.1) is 12.2 Å². The molecule has 1 aliphatic heterocycles. The second-order valence-corrected chi connectivity index (χ2v) is 8.65. The van der Waals surface area contributed by atoms with Crippen molar-refractivity contribution in [2.45, 2.75) is 46.0 Å². The van der Waals surface area contributed by atoms with Gasteiger partial charge in [-0.2, -0.15) is 0 Å². The zero-order chi connectivity index (χ0) is 15.1. The molecule has 0 bridgehead atoms. The van der Waals surface area contributed by atoms with Gasteiger partial charge in [-0.1, -0.05) is 31.4 Å². The minimum Gasteiger partial charge on any atom is -0.492 e. The number of carbonyl (C=O) groups is 1. The zero-order valence-electron chi connectivity index (χ0n) is 13.4. The lowest BCUT2D eigenvalue weighted by Crippen LogP contribution is -2.09. The van der Waals surface area contributed by atoms with Crippen LogP contribution in [0.2, 0.25) is 0 Å². The Bertz CT molecular complexity index is 462. The van der Waals surface area contributed by atoms with Gasteiger partial charge in [-0.15, -0.1) is 7.92 Å². The van der Waals surface area contributed by atoms with Gasteiger partial charge in [-0.3, -0.25) is 4.79 Å². The lowest BCUT2D eigenvalue weighted by atomic mass is 10.1. The number of carbonyl (C=O) groups excluding carboxylic acids is 1. The summed E-state index contributed by atoms with van der Waals surface area (Å²) in [5, 5.41) is 0. The van der Waals surface area contributed by atoms with Gasteiger partial charge in [-0.05, 0) is 50.6 Å². The first-order valence-electron chi connectivity index (χ1n) is 8.14. The number of aryl methyl sites for hydroxylation is 1. The number of ether oxygens (including phenoxy) is 1. The molecule has 1 saturated heterocycles. The Morgan fingerprint density at radius 3 is 2.48 bits per heavy atom. The molecule has 0 atom stereocenters. The number of rotatable bonds is 5. The van der Waals surface area contributed by atoms with Crippen LogP contribution in [0.1, 0.15) is 54.9 Å². The highest BCUT2D eigenvalue weighted by Crippen LogP contribution is 2.39. The van der Waals surface area contributed by atoms with E-state index in [1.165, 1.54) is 50.6 Å². The van der Waals surface area contributed by atoms with Crippen molar-refractivity contribution in [2.24, 2.45) is 0 Å². The molecule has 2 nitrogen and oxygen atoms in total. The van der Waals surface area contributed by atoms with Gasteiger partial charge in [-0.25, -0.2) is 0 Å². The van der Waals surface area contributed by atoms with Crippen molar-refractivity contribution in [1.29, 1.82) is 0 Å². The minimum atomic E-state index is 0.0883. The third-order valence-electron chi connectivity index (χ3n) is 4.19. The van der Waals surface area contributed by atoms with Crippen molar-refractivity contribution in [2.75, 3.05) is 25.1 Å². The van der Waals surface area contributed by atoms with E-state index in [0.717, 1.165) is 23.5 Å². The summed E-state index contributed by atoms with van der Waals surface area (Å²) < 4.78 is 6.00. The molecule has 0 saturated carbocycles. The van der Waals surface area contributed by atoms with Crippen molar-refractivity contribution in [3.05, 3.63) is 29.3 Å². The van der Waals surface area contributed by atoms with E-state index in [0.29, 0.717) is 0 Å². The molecule has 1 aromatic carbocycles. The summed E-state index contributed by atoms with van der Waals surface area (Å²) in [6.07, 6.45) is 11.0. The Labute approximate surface area is 130 Å². The van der Waals surface area contributed by atoms with Crippen molar-refractivity contribution < 1.29 is 9.53 Å². The molecule has 0 unspecified atom stereocenters. The van der Waals surface area contributed by atoms with Crippen LogP contribution in [0, 0.1) is 6.92 Å². The molecule has 2 rings (SSSR count). The summed E-state index contributed by atoms with van der Waals surface area (Å²) >= 11 is 0. The predicted molar refractivity (Wildman–Crippen MR) is 91.3 cm³/mol. The lowest BCUT2D eigenvalue weighted by molar-refractivity contribution is 0.101. The Morgan fingerprint density at radius 1 is 1.14 bits per heavy atom. The Balaban J connectivity index is 1.89. The van der Waals surface area contributed by atoms with Gasteiger partial charge in [0.2, 0.25) is 0 Å². The molecular formula is C18H27O2P. The largest absolute Gasteiger partial charge is 0.492 e. The number of hydrogen-bond acceptors (Lipinski definition) is 2. The van der Waals surface area contributed by atoms with Crippen LogP contribution in [0.25, 0.3) is 0 Å². The second-order valence-electron chi connectivity index (χ2n) is 5.97. The fraction of sp³-hybridized carbons (Fsp3) is 0.611. The molecule has 1 aliphatic rings. The summed E-state index contributed by atoms with van der Waals surface area (Å²) in [4.78, 5) is 11.7. The Kier molecular flexibility index (Phi) is 6.70. The van der Waals surface area contributed by atoms with Crippen molar-refractivity contribution >= 4 is 13.7 Å². The van der Waals surface area contributed by atoms with Gasteiger partial charge < -0.3 is 4.74 Å². The van der Waals surface area contributed by atoms with E-state index in [1.54, 1.807) is 6.92 Å². The van der Waals surface area contributed by atoms with Gasteiger partial charge in [0.1, 0.15) is 5.75 Å². The molecule has 1 fully saturated rings. The van der Waals surface area contributed by atoms with Crippen LogP contribution in [0.15, 0.2) is 18.2 Å². The molecule has 0 radical (unpaired) electrons. The number of para-hydroxylation sites is 1. The zero-order valence-corrected chi connectivity index (χ0v) is 14.3. The van der Waals surface area contributed by atoms with Crippen LogP contribution in [0.5, 0.6) is 5.75 Å². The molecular weight excluding hydrogens is 279 g/mol. The predicted octanol–water partition coefficient (Wildman–Crippen LogP) is 5.02. The van der Waals surface area contributed by atoms with Crippen LogP contribution < -0.4 is 4.74 Å². The number of benzene rings is 1. The third-order valence-corrected chi connectivity index (χ3v) is 6.91. The number of Topliss-reactive ketones (excluding diaryl/α,β-unsaturated/α-hetero) is 1. The first kappa shape index (κ1) is 16.5. The maximum Gasteiger partial charge on any atom is 0.163 e. The van der Waals surface area contributed by atoms with Gasteiger partial charge >= 0.3 is 0 Å². The van der Waals surface area contributed by atoms with E-state index in [2.05, 4.69) is 0 Å². The molecule has 1 aromatic rings. The van der Waals surface area contributed by atoms with Crippen LogP contribution in [0.4, 0.5) is 0 Å². The quantitative estimate of drug-likeness (QED) is 0.564. The molecule has 0 aliphatic carbocycles. The summed E-state index contributed by atoms with van der Waals surface area (Å²) in [5.74, 6) is 0.886. The fourth-order valence-electron chi connectivity index (χ4n) is 2.93. The van der Waals surface area contributed by atoms with E-state index in [4.69, 9.17) is 4.74 Å². The molecule has 116 valence electrons. The van der Waals surface area contributed by atoms with Crippen LogP contribution >= 0.6 is 7.92 Å². The van der Waals surface area contributed by atoms with Gasteiger partial charge in [0.15, 0.2) is 5.78 Å². The number of ketones is 1. The Hall–Kier alpha value is -0.880. The highest BCUT2D eigenvalue weighted by Gasteiger charge is 2.13. The normalized spacial score (nSPS) is 17.0. The molecule has 0 amide bonds. The number of hydrogen-bond donors (Lipinski definition) is 0. The van der Waals surface area contributed by atoms with E-state index in [-0.39, 0.29) is 13.7 Å². The second kappa shape index (κ2) is 8.54. The molecule has 0 aromatic heterocycles. The monoisotopic (exact) mass is 306 g/mol. The highest BCUT2D eigenvalue weighted by molar-refractivity contribution is 7.57. The topological polar surface area (TPSA) is 26.3 Å². The molecule has 21 heavy (non-hydrogen) atoms. The van der Waals surface area contributed by atoms with Crippen LogP contribution in [-0.2, 0) is 0 Å².